The Balaban J connectivity index is 2.81. The quantitative estimate of drug-likeness (QED) is 0.805. The number of ether oxygens (including phenoxy) is 1. The van der Waals surface area contributed by atoms with Crippen LogP contribution < -0.4 is 10.5 Å². The minimum Gasteiger partial charge on any atom is -0.494 e. The van der Waals surface area contributed by atoms with Gasteiger partial charge in [-0.25, -0.2) is 0 Å². The Morgan fingerprint density at radius 2 is 2.12 bits per heavy atom. The van der Waals surface area contributed by atoms with Gasteiger partial charge in [0.25, 0.3) is 0 Å². The van der Waals surface area contributed by atoms with Crippen LogP contribution in [0.2, 0.25) is 0 Å². The molecule has 90 valence electrons. The van der Waals surface area contributed by atoms with Gasteiger partial charge in [0.05, 0.1) is 12.7 Å². The minimum absolute atomic E-state index is 0.649. The third kappa shape index (κ3) is 3.51. The van der Waals surface area contributed by atoms with Gasteiger partial charge in [0.1, 0.15) is 5.75 Å². The largest absolute Gasteiger partial charge is 0.494 e. The van der Waals surface area contributed by atoms with Crippen LogP contribution in [-0.2, 0) is 0 Å². The number of nitrogens with two attached hydrogens (primary N) is 1. The van der Waals surface area contributed by atoms with Crippen molar-refractivity contribution in [3.63, 3.8) is 0 Å². The number of hydrogen-bond acceptors (Lipinski definition) is 3. The van der Waals surface area contributed by atoms with Crippen LogP contribution in [0, 0.1) is 0 Å². The van der Waals surface area contributed by atoms with Gasteiger partial charge in [-0.05, 0) is 38.0 Å². The third-order valence-electron chi connectivity index (χ3n) is 2.35. The maximum absolute atomic E-state index is 10.0. The lowest BCUT2D eigenvalue weighted by Crippen LogP contribution is -2.39. The molecule has 3 heteroatoms. The molecule has 1 rings (SSSR count). The van der Waals surface area contributed by atoms with E-state index in [0.717, 1.165) is 17.7 Å². The van der Waals surface area contributed by atoms with Gasteiger partial charge in [-0.1, -0.05) is 19.1 Å². The number of benzene rings is 1. The molecule has 0 amide bonds. The highest BCUT2D eigenvalue weighted by atomic mass is 16.5. The molecule has 1 unspecified atom stereocenters. The highest BCUT2D eigenvalue weighted by molar-refractivity contribution is 5.31. The van der Waals surface area contributed by atoms with Gasteiger partial charge in [0.15, 0.2) is 0 Å². The fraction of sp³-hybridized carbons (Fsp3) is 0.538. The van der Waals surface area contributed by atoms with Crippen molar-refractivity contribution >= 4 is 0 Å². The molecule has 0 aliphatic carbocycles. The maximum Gasteiger partial charge on any atom is 0.119 e. The lowest BCUT2D eigenvalue weighted by molar-refractivity contribution is 0.104. The van der Waals surface area contributed by atoms with E-state index in [2.05, 4.69) is 6.92 Å². The molecule has 0 radical (unpaired) electrons. The normalized spacial score (nSPS) is 13.6. The number of aliphatic hydroxyl groups excluding tert-OH is 1. The summed E-state index contributed by atoms with van der Waals surface area (Å²) in [6.45, 7) is 6.35. The second kappa shape index (κ2) is 5.32. The Hall–Kier alpha value is -1.06. The lowest BCUT2D eigenvalue weighted by Gasteiger charge is -2.26. The van der Waals surface area contributed by atoms with Gasteiger partial charge in [-0.3, -0.25) is 0 Å². The summed E-state index contributed by atoms with van der Waals surface area (Å²) in [5, 5.41) is 10.0. The predicted molar refractivity (Wildman–Crippen MR) is 65.5 cm³/mol. The standard InChI is InChI=1S/C13H21NO2/c1-4-8-16-11-7-5-6-10(9-11)12(15)13(2,3)14/h5-7,9,12,15H,4,8,14H2,1-3H3. The summed E-state index contributed by atoms with van der Waals surface area (Å²) in [6.07, 6.45) is 0.285. The van der Waals surface area contributed by atoms with Crippen molar-refractivity contribution in [2.24, 2.45) is 5.73 Å². The van der Waals surface area contributed by atoms with Crippen molar-refractivity contribution in [2.75, 3.05) is 6.61 Å². The van der Waals surface area contributed by atoms with Crippen LogP contribution in [0.5, 0.6) is 5.75 Å². The highest BCUT2D eigenvalue weighted by Gasteiger charge is 2.24. The van der Waals surface area contributed by atoms with Gasteiger partial charge in [0.2, 0.25) is 0 Å². The third-order valence-corrected chi connectivity index (χ3v) is 2.35. The second-order valence-electron chi connectivity index (χ2n) is 4.64. The van der Waals surface area contributed by atoms with Gasteiger partial charge in [-0.2, -0.15) is 0 Å². The van der Waals surface area contributed by atoms with E-state index in [1.54, 1.807) is 13.8 Å². The van der Waals surface area contributed by atoms with Crippen molar-refractivity contribution < 1.29 is 9.84 Å². The Morgan fingerprint density at radius 1 is 1.44 bits per heavy atom. The zero-order valence-electron chi connectivity index (χ0n) is 10.2. The molecule has 1 aromatic rings. The average molecular weight is 223 g/mol. The Labute approximate surface area is 97.2 Å². The van der Waals surface area contributed by atoms with Crippen LogP contribution in [-0.4, -0.2) is 17.3 Å². The zero-order valence-corrected chi connectivity index (χ0v) is 10.2. The molecule has 0 saturated heterocycles. The molecule has 16 heavy (non-hydrogen) atoms. The van der Waals surface area contributed by atoms with Gasteiger partial charge in [0, 0.05) is 5.54 Å². The second-order valence-corrected chi connectivity index (χ2v) is 4.64. The summed E-state index contributed by atoms with van der Waals surface area (Å²) in [7, 11) is 0. The molecule has 0 spiro atoms. The van der Waals surface area contributed by atoms with Crippen LogP contribution in [0.25, 0.3) is 0 Å². The Bertz CT molecular complexity index is 331. The van der Waals surface area contributed by atoms with Crippen LogP contribution >= 0.6 is 0 Å². The molecule has 0 heterocycles. The molecule has 0 aliphatic heterocycles. The average Bonchev–Trinajstić information content (AvgIpc) is 2.24. The summed E-state index contributed by atoms with van der Waals surface area (Å²) < 4.78 is 5.51. The molecule has 0 saturated carbocycles. The molecule has 3 N–H and O–H groups in total. The molecular weight excluding hydrogens is 202 g/mol. The van der Waals surface area contributed by atoms with E-state index in [4.69, 9.17) is 10.5 Å². The maximum atomic E-state index is 10.0. The van der Waals surface area contributed by atoms with Crippen molar-refractivity contribution in [3.05, 3.63) is 29.8 Å². The van der Waals surface area contributed by atoms with E-state index >= 15 is 0 Å². The van der Waals surface area contributed by atoms with Crippen LogP contribution in [0.4, 0.5) is 0 Å². The van der Waals surface area contributed by atoms with Crippen LogP contribution in [0.15, 0.2) is 24.3 Å². The van der Waals surface area contributed by atoms with Crippen molar-refractivity contribution in [3.8, 4) is 5.75 Å². The molecular formula is C13H21NO2. The molecule has 0 aromatic heterocycles. The molecule has 1 atom stereocenters. The van der Waals surface area contributed by atoms with Crippen molar-refractivity contribution in [1.29, 1.82) is 0 Å². The lowest BCUT2D eigenvalue weighted by atomic mass is 9.92. The Kier molecular flexibility index (Phi) is 4.33. The van der Waals surface area contributed by atoms with Crippen LogP contribution in [0.3, 0.4) is 0 Å². The summed E-state index contributed by atoms with van der Waals surface area (Å²) in [5.41, 5.74) is 6.01. The summed E-state index contributed by atoms with van der Waals surface area (Å²) in [6, 6.07) is 7.46. The number of aliphatic hydroxyl groups is 1. The molecule has 1 aromatic carbocycles. The van der Waals surface area contributed by atoms with E-state index in [1.165, 1.54) is 0 Å². The van der Waals surface area contributed by atoms with Crippen molar-refractivity contribution in [2.45, 2.75) is 38.8 Å². The van der Waals surface area contributed by atoms with E-state index < -0.39 is 11.6 Å². The van der Waals surface area contributed by atoms with Gasteiger partial charge < -0.3 is 15.6 Å². The van der Waals surface area contributed by atoms with E-state index in [1.807, 2.05) is 24.3 Å². The SMILES string of the molecule is CCCOc1cccc(C(O)C(C)(C)N)c1. The smallest absolute Gasteiger partial charge is 0.119 e. The zero-order chi connectivity index (χ0) is 12.2. The first-order valence-electron chi connectivity index (χ1n) is 5.65. The summed E-state index contributed by atoms with van der Waals surface area (Å²) in [5.74, 6) is 0.780. The van der Waals surface area contributed by atoms with E-state index in [-0.39, 0.29) is 0 Å². The summed E-state index contributed by atoms with van der Waals surface area (Å²) >= 11 is 0. The summed E-state index contributed by atoms with van der Waals surface area (Å²) in [4.78, 5) is 0. The number of rotatable bonds is 5. The topological polar surface area (TPSA) is 55.5 Å². The van der Waals surface area contributed by atoms with Gasteiger partial charge in [-0.15, -0.1) is 0 Å². The molecule has 0 bridgehead atoms. The number of hydrogen-bond donors (Lipinski definition) is 2. The first-order chi connectivity index (χ1) is 7.45. The van der Waals surface area contributed by atoms with Gasteiger partial charge >= 0.3 is 0 Å². The van der Waals surface area contributed by atoms with E-state index in [9.17, 15) is 5.11 Å². The van der Waals surface area contributed by atoms with Crippen molar-refractivity contribution in [1.82, 2.24) is 0 Å². The molecule has 0 fully saturated rings. The highest BCUT2D eigenvalue weighted by Crippen LogP contribution is 2.26. The monoisotopic (exact) mass is 223 g/mol. The minimum atomic E-state index is -0.683. The Morgan fingerprint density at radius 3 is 2.69 bits per heavy atom. The fourth-order valence-corrected chi connectivity index (χ4v) is 1.42. The first kappa shape index (κ1) is 13.0. The molecule has 0 aliphatic rings. The first-order valence-corrected chi connectivity index (χ1v) is 5.65. The predicted octanol–water partition coefficient (Wildman–Crippen LogP) is 2.25. The van der Waals surface area contributed by atoms with Crippen LogP contribution in [0.1, 0.15) is 38.9 Å². The van der Waals surface area contributed by atoms with E-state index in [0.29, 0.717) is 6.61 Å². The fourth-order valence-electron chi connectivity index (χ4n) is 1.42. The molecule has 3 nitrogen and oxygen atoms in total.